The van der Waals surface area contributed by atoms with Crippen molar-refractivity contribution in [3.05, 3.63) is 58.0 Å². The molecule has 3 aromatic rings. The molecule has 3 heterocycles. The fourth-order valence-corrected chi connectivity index (χ4v) is 5.27. The van der Waals surface area contributed by atoms with Gasteiger partial charge >= 0.3 is 6.61 Å². The molecule has 2 aromatic heterocycles. The maximum atomic E-state index is 13.4. The molecule has 0 saturated heterocycles. The highest BCUT2D eigenvalue weighted by Gasteiger charge is 2.49. The summed E-state index contributed by atoms with van der Waals surface area (Å²) < 4.78 is 31.5. The van der Waals surface area contributed by atoms with Crippen LogP contribution in [0.25, 0.3) is 0 Å². The molecule has 1 aromatic carbocycles. The van der Waals surface area contributed by atoms with Gasteiger partial charge in [0, 0.05) is 56.1 Å². The zero-order valence-corrected chi connectivity index (χ0v) is 22.9. The van der Waals surface area contributed by atoms with Gasteiger partial charge in [0.25, 0.3) is 5.69 Å². The molecule has 11 nitrogen and oxygen atoms in total. The Hall–Kier alpha value is -4.13. The highest BCUT2D eigenvalue weighted by Crippen LogP contribution is 2.53. The van der Waals surface area contributed by atoms with E-state index < -0.39 is 11.5 Å². The van der Waals surface area contributed by atoms with Gasteiger partial charge in [-0.2, -0.15) is 13.8 Å². The Morgan fingerprint density at radius 1 is 1.18 bits per heavy atom. The van der Waals surface area contributed by atoms with E-state index in [0.29, 0.717) is 18.9 Å². The summed E-state index contributed by atoms with van der Waals surface area (Å²) in [4.78, 5) is 30.8. The van der Waals surface area contributed by atoms with Gasteiger partial charge in [0.1, 0.15) is 11.5 Å². The number of benzene rings is 1. The Morgan fingerprint density at radius 3 is 2.60 bits per heavy atom. The molecular formula is C27H32F2N8O3. The number of anilines is 5. The first kappa shape index (κ1) is 27.4. The predicted octanol–water partition coefficient (Wildman–Crippen LogP) is 5.00. The molecule has 1 aliphatic heterocycles. The first-order valence-corrected chi connectivity index (χ1v) is 13.1. The Labute approximate surface area is 230 Å². The number of hydrogen-bond acceptors (Lipinski definition) is 10. The number of fused-ring (bicyclic) bond motifs is 2. The average molecular weight is 555 g/mol. The van der Waals surface area contributed by atoms with Crippen LogP contribution in [0, 0.1) is 17.0 Å². The van der Waals surface area contributed by atoms with E-state index in [1.54, 1.807) is 24.2 Å². The lowest BCUT2D eigenvalue weighted by Crippen LogP contribution is -2.38. The van der Waals surface area contributed by atoms with Crippen molar-refractivity contribution in [3.8, 4) is 5.75 Å². The van der Waals surface area contributed by atoms with Crippen molar-refractivity contribution in [1.82, 2.24) is 19.9 Å². The molecule has 1 aliphatic carbocycles. The number of likely N-dealkylation sites (N-methyl/N-ethyl adjacent to an activating group) is 2. The van der Waals surface area contributed by atoms with Gasteiger partial charge in [0.2, 0.25) is 5.95 Å². The summed E-state index contributed by atoms with van der Waals surface area (Å²) in [7, 11) is 5.41. The van der Waals surface area contributed by atoms with Crippen LogP contribution in [0.5, 0.6) is 5.75 Å². The minimum Gasteiger partial charge on any atom is -0.433 e. The van der Waals surface area contributed by atoms with Crippen molar-refractivity contribution in [2.24, 2.45) is 0 Å². The summed E-state index contributed by atoms with van der Waals surface area (Å²) in [6, 6.07) is 8.21. The summed E-state index contributed by atoms with van der Waals surface area (Å²) in [6.45, 7) is 0.618. The van der Waals surface area contributed by atoms with Gasteiger partial charge in [-0.1, -0.05) is 6.42 Å². The van der Waals surface area contributed by atoms with Crippen molar-refractivity contribution in [2.75, 3.05) is 55.9 Å². The first-order valence-electron chi connectivity index (χ1n) is 13.1. The van der Waals surface area contributed by atoms with Crippen LogP contribution in [0.4, 0.5) is 43.3 Å². The summed E-state index contributed by atoms with van der Waals surface area (Å²) >= 11 is 0. The number of nitro benzene ring substituents is 1. The molecular weight excluding hydrogens is 522 g/mol. The summed E-state index contributed by atoms with van der Waals surface area (Å²) in [6.07, 6.45) is 4.81. The van der Waals surface area contributed by atoms with E-state index in [-0.39, 0.29) is 34.2 Å². The molecule has 5 rings (SSSR count). The predicted molar refractivity (Wildman–Crippen MR) is 148 cm³/mol. The average Bonchev–Trinajstić information content (AvgIpc) is 3.23. The number of hydrogen-bond donors (Lipinski definition) is 1. The first-order chi connectivity index (χ1) is 19.1. The lowest BCUT2D eigenvalue weighted by molar-refractivity contribution is -0.384. The lowest BCUT2D eigenvalue weighted by atomic mass is 9.67. The van der Waals surface area contributed by atoms with E-state index in [2.05, 4.69) is 20.2 Å². The number of alkyl halides is 2. The van der Waals surface area contributed by atoms with Crippen molar-refractivity contribution in [3.63, 3.8) is 0 Å². The van der Waals surface area contributed by atoms with Gasteiger partial charge in [-0.25, -0.2) is 4.98 Å². The highest BCUT2D eigenvalue weighted by atomic mass is 19.3. The molecule has 1 N–H and O–H groups in total. The van der Waals surface area contributed by atoms with Crippen LogP contribution >= 0.6 is 0 Å². The fourth-order valence-electron chi connectivity index (χ4n) is 5.27. The van der Waals surface area contributed by atoms with Crippen molar-refractivity contribution >= 4 is 34.5 Å². The fraction of sp³-hybridized carbons (Fsp3) is 0.444. The maximum Gasteiger partial charge on any atom is 0.387 e. The number of aromatic nitrogens is 3. The zero-order valence-electron chi connectivity index (χ0n) is 22.9. The Morgan fingerprint density at radius 2 is 1.95 bits per heavy atom. The molecule has 0 radical (unpaired) electrons. The zero-order chi connectivity index (χ0) is 28.6. The lowest BCUT2D eigenvalue weighted by Gasteiger charge is -2.38. The maximum absolute atomic E-state index is 13.4. The van der Waals surface area contributed by atoms with Crippen LogP contribution < -0.4 is 19.9 Å². The smallest absolute Gasteiger partial charge is 0.387 e. The van der Waals surface area contributed by atoms with Crippen LogP contribution in [-0.2, 0) is 5.41 Å². The molecule has 40 heavy (non-hydrogen) atoms. The molecule has 0 bridgehead atoms. The van der Waals surface area contributed by atoms with Gasteiger partial charge in [0.05, 0.1) is 22.0 Å². The second-order valence-electron chi connectivity index (χ2n) is 10.6. The van der Waals surface area contributed by atoms with Gasteiger partial charge in [0.15, 0.2) is 5.75 Å². The van der Waals surface area contributed by atoms with E-state index in [1.165, 1.54) is 12.1 Å². The topological polar surface area (TPSA) is 113 Å². The second-order valence-corrected chi connectivity index (χ2v) is 10.6. The van der Waals surface area contributed by atoms with Gasteiger partial charge < -0.3 is 24.8 Å². The molecule has 2 aliphatic rings. The van der Waals surface area contributed by atoms with Crippen LogP contribution in [0.1, 0.15) is 30.7 Å². The molecule has 0 atom stereocenters. The highest BCUT2D eigenvalue weighted by molar-refractivity contribution is 5.77. The van der Waals surface area contributed by atoms with Crippen molar-refractivity contribution in [1.29, 1.82) is 0 Å². The number of nitrogens with one attached hydrogen (secondary N) is 1. The van der Waals surface area contributed by atoms with E-state index in [0.717, 1.165) is 42.9 Å². The molecule has 0 amide bonds. The summed E-state index contributed by atoms with van der Waals surface area (Å²) in [5.74, 6) is 0.454. The van der Waals surface area contributed by atoms with Crippen molar-refractivity contribution in [2.45, 2.75) is 38.2 Å². The molecule has 1 saturated carbocycles. The van der Waals surface area contributed by atoms with E-state index >= 15 is 0 Å². The second kappa shape index (κ2) is 10.8. The SMILES string of the molecule is Cc1ccc2c(n1)C1(CCC1)CN2c1ccnc(Nc2cc([N+](=O)[O-])c(N(C)CCN(C)C)cc2OC(F)F)n1. The number of pyridine rings is 1. The third-order valence-electron chi connectivity index (χ3n) is 7.53. The van der Waals surface area contributed by atoms with Crippen LogP contribution in [0.3, 0.4) is 0 Å². The number of rotatable bonds is 10. The number of halogens is 2. The van der Waals surface area contributed by atoms with E-state index in [4.69, 9.17) is 9.72 Å². The quantitative estimate of drug-likeness (QED) is 0.271. The van der Waals surface area contributed by atoms with Crippen LogP contribution in [0.15, 0.2) is 36.5 Å². The standard InChI is InChI=1S/C27H32F2N8O3/c1-17-6-7-19-24(31-17)27(9-5-10-27)16-36(19)23-8-11-30-26(33-23)32-18-14-21(37(38)39)20(15-22(18)40-25(28)29)35(4)13-12-34(2)3/h6-8,11,14-15,25H,5,9-10,12-13,16H2,1-4H3,(H,30,32,33). The van der Waals surface area contributed by atoms with Gasteiger partial charge in [-0.05, 0) is 52.1 Å². The molecule has 0 unspecified atom stereocenters. The van der Waals surface area contributed by atoms with E-state index in [1.807, 2.05) is 38.1 Å². The number of aryl methyl sites for hydroxylation is 1. The summed E-state index contributed by atoms with van der Waals surface area (Å²) in [5.41, 5.74) is 2.87. The minimum atomic E-state index is -3.13. The molecule has 1 fully saturated rings. The van der Waals surface area contributed by atoms with Gasteiger partial charge in [-0.3, -0.25) is 15.1 Å². The Bertz CT molecular complexity index is 1420. The largest absolute Gasteiger partial charge is 0.433 e. The van der Waals surface area contributed by atoms with Crippen LogP contribution in [0.2, 0.25) is 0 Å². The normalized spacial score (nSPS) is 15.3. The number of nitro groups is 1. The molecule has 212 valence electrons. The third kappa shape index (κ3) is 5.33. The Kier molecular flexibility index (Phi) is 7.41. The van der Waals surface area contributed by atoms with E-state index in [9.17, 15) is 18.9 Å². The minimum absolute atomic E-state index is 0.00672. The van der Waals surface area contributed by atoms with Crippen molar-refractivity contribution < 1.29 is 18.4 Å². The van der Waals surface area contributed by atoms with Crippen LogP contribution in [-0.4, -0.2) is 72.2 Å². The molecule has 13 heteroatoms. The third-order valence-corrected chi connectivity index (χ3v) is 7.53. The number of ether oxygens (including phenoxy) is 1. The monoisotopic (exact) mass is 554 g/mol. The number of nitrogens with zero attached hydrogens (tertiary/aromatic N) is 7. The van der Waals surface area contributed by atoms with Gasteiger partial charge in [-0.15, -0.1) is 0 Å². The molecule has 1 spiro atoms. The Balaban J connectivity index is 1.48. The summed E-state index contributed by atoms with van der Waals surface area (Å²) in [5, 5.41) is 14.9.